The summed E-state index contributed by atoms with van der Waals surface area (Å²) in [7, 11) is -1.83. The van der Waals surface area contributed by atoms with E-state index in [4.69, 9.17) is 0 Å². The molecule has 0 amide bonds. The van der Waals surface area contributed by atoms with E-state index < -0.39 is 8.07 Å². The van der Waals surface area contributed by atoms with Crippen molar-refractivity contribution in [3.05, 3.63) is 105 Å². The zero-order chi connectivity index (χ0) is 20.5. The van der Waals surface area contributed by atoms with Crippen molar-refractivity contribution in [2.75, 3.05) is 0 Å². The number of benzene rings is 2. The molecular weight excluding hydrogens is 376 g/mol. The summed E-state index contributed by atoms with van der Waals surface area (Å²) in [4.78, 5) is 0. The van der Waals surface area contributed by atoms with Gasteiger partial charge in [-0.1, -0.05) is 84.9 Å². The van der Waals surface area contributed by atoms with Crippen LogP contribution < -0.4 is 0 Å². The number of hydrogen-bond donors (Lipinski definition) is 0. The van der Waals surface area contributed by atoms with Crippen molar-refractivity contribution in [2.24, 2.45) is 0 Å². The van der Waals surface area contributed by atoms with Crippen LogP contribution in [0.2, 0.25) is 13.1 Å². The minimum Gasteiger partial charge on any atom is -0.0647 e. The van der Waals surface area contributed by atoms with Gasteiger partial charge in [0.25, 0.3) is 0 Å². The van der Waals surface area contributed by atoms with E-state index in [1.807, 2.05) is 0 Å². The Hall–Kier alpha value is -2.38. The molecule has 0 heterocycles. The third-order valence-electron chi connectivity index (χ3n) is 7.95. The van der Waals surface area contributed by atoms with Crippen LogP contribution in [-0.4, -0.2) is 8.07 Å². The highest BCUT2D eigenvalue weighted by atomic mass is 28.3. The van der Waals surface area contributed by atoms with Gasteiger partial charge in [-0.3, -0.25) is 0 Å². The van der Waals surface area contributed by atoms with Crippen LogP contribution >= 0.6 is 0 Å². The first-order chi connectivity index (χ1) is 14.6. The van der Waals surface area contributed by atoms with Crippen LogP contribution in [0.1, 0.15) is 55.7 Å². The molecule has 4 aliphatic carbocycles. The van der Waals surface area contributed by atoms with E-state index in [0.29, 0.717) is 5.54 Å². The highest BCUT2D eigenvalue weighted by Crippen LogP contribution is 2.54. The molecule has 0 radical (unpaired) electrons. The lowest BCUT2D eigenvalue weighted by Gasteiger charge is -2.36. The van der Waals surface area contributed by atoms with E-state index in [9.17, 15) is 0 Å². The molecule has 0 aliphatic heterocycles. The van der Waals surface area contributed by atoms with E-state index in [1.165, 1.54) is 48.8 Å². The summed E-state index contributed by atoms with van der Waals surface area (Å²) >= 11 is 0. The normalized spacial score (nSPS) is 20.5. The van der Waals surface area contributed by atoms with Crippen LogP contribution in [0.5, 0.6) is 0 Å². The fourth-order valence-electron chi connectivity index (χ4n) is 6.80. The van der Waals surface area contributed by atoms with Gasteiger partial charge in [0.05, 0.1) is 8.07 Å². The van der Waals surface area contributed by atoms with Crippen molar-refractivity contribution in [1.82, 2.24) is 0 Å². The van der Waals surface area contributed by atoms with Gasteiger partial charge in [0.15, 0.2) is 0 Å². The predicted octanol–water partition coefficient (Wildman–Crippen LogP) is 8.04. The molecule has 0 nitrogen and oxygen atoms in total. The molecule has 0 spiro atoms. The highest BCUT2D eigenvalue weighted by Gasteiger charge is 2.46. The van der Waals surface area contributed by atoms with Gasteiger partial charge in [-0.25, -0.2) is 0 Å². The smallest absolute Gasteiger partial charge is 0.0647 e. The van der Waals surface area contributed by atoms with E-state index >= 15 is 0 Å². The lowest BCUT2D eigenvalue weighted by Crippen LogP contribution is -2.39. The second kappa shape index (κ2) is 6.56. The minimum atomic E-state index is -1.83. The Morgan fingerprint density at radius 1 is 0.800 bits per heavy atom. The summed E-state index contributed by atoms with van der Waals surface area (Å²) in [6, 6.07) is 18.3. The molecule has 6 rings (SSSR count). The van der Waals surface area contributed by atoms with Crippen molar-refractivity contribution >= 4 is 8.07 Å². The predicted molar refractivity (Wildman–Crippen MR) is 130 cm³/mol. The van der Waals surface area contributed by atoms with E-state index in [1.54, 1.807) is 38.6 Å². The minimum absolute atomic E-state index is 0.533. The fourth-order valence-corrected chi connectivity index (χ4v) is 11.2. The Bertz CT molecular complexity index is 1150. The fraction of sp³-hybridized carbons (Fsp3) is 0.310. The summed E-state index contributed by atoms with van der Waals surface area (Å²) < 4.78 is 0. The van der Waals surface area contributed by atoms with E-state index in [2.05, 4.69) is 80.7 Å². The van der Waals surface area contributed by atoms with Gasteiger partial charge in [0.1, 0.15) is 0 Å². The van der Waals surface area contributed by atoms with E-state index in [0.717, 1.165) is 0 Å². The van der Waals surface area contributed by atoms with Gasteiger partial charge in [0, 0.05) is 5.54 Å². The van der Waals surface area contributed by atoms with Crippen molar-refractivity contribution in [2.45, 2.75) is 57.7 Å². The first-order valence-electron chi connectivity index (χ1n) is 11.6. The maximum Gasteiger partial charge on any atom is 0.0939 e. The molecular formula is C29H30Si. The first-order valence-corrected chi connectivity index (χ1v) is 14.7. The second-order valence-corrected chi connectivity index (χ2v) is 14.6. The van der Waals surface area contributed by atoms with Gasteiger partial charge in [-0.15, -0.1) is 0 Å². The Balaban J connectivity index is 1.51. The van der Waals surface area contributed by atoms with Crippen LogP contribution in [0.4, 0.5) is 0 Å². The van der Waals surface area contributed by atoms with Gasteiger partial charge < -0.3 is 0 Å². The third-order valence-corrected chi connectivity index (χ3v) is 12.0. The Kier molecular flexibility index (Phi) is 4.02. The average Bonchev–Trinajstić information content (AvgIpc) is 3.26. The first kappa shape index (κ1) is 18.4. The van der Waals surface area contributed by atoms with Gasteiger partial charge in [0.2, 0.25) is 0 Å². The van der Waals surface area contributed by atoms with Crippen LogP contribution in [-0.2, 0) is 0 Å². The molecule has 30 heavy (non-hydrogen) atoms. The molecule has 0 aromatic heterocycles. The summed E-state index contributed by atoms with van der Waals surface area (Å²) in [5.41, 5.74) is 14.7. The van der Waals surface area contributed by atoms with Gasteiger partial charge in [-0.05, 0) is 83.2 Å². The molecule has 0 saturated carbocycles. The molecule has 0 N–H and O–H groups in total. The molecule has 0 fully saturated rings. The second-order valence-electron chi connectivity index (χ2n) is 10.1. The standard InChI is InChI=1S/C29H30Si/c1-19-16-22-17-20-10-4-5-11-21(20)18-27(22)28(19)30(2,3)29-25-14-8-6-12-23(25)24-13-7-9-15-26(24)29/h6-9,12-16,18,29H,4-5,10-11,17H2,1-3H3. The maximum atomic E-state index is 2.62. The Labute approximate surface area is 181 Å². The van der Waals surface area contributed by atoms with Crippen molar-refractivity contribution < 1.29 is 0 Å². The molecule has 0 unspecified atom stereocenters. The zero-order valence-corrected chi connectivity index (χ0v) is 19.4. The Morgan fingerprint density at radius 3 is 2.13 bits per heavy atom. The average molecular weight is 407 g/mol. The molecule has 0 saturated heterocycles. The lowest BCUT2D eigenvalue weighted by molar-refractivity contribution is 0.665. The SMILES string of the molecule is CC1=C([Si](C)(C)C2c3ccccc3-c3ccccc32)C2=CC3=C(CCCC3)CC2=C1. The van der Waals surface area contributed by atoms with Crippen molar-refractivity contribution in [1.29, 1.82) is 0 Å². The third kappa shape index (κ3) is 2.51. The number of allylic oxidation sites excluding steroid dienone is 8. The Morgan fingerprint density at radius 2 is 1.43 bits per heavy atom. The summed E-state index contributed by atoms with van der Waals surface area (Å²) in [5, 5.41) is 1.71. The molecule has 2 aromatic carbocycles. The van der Waals surface area contributed by atoms with Crippen LogP contribution in [0.3, 0.4) is 0 Å². The van der Waals surface area contributed by atoms with Crippen molar-refractivity contribution in [3.8, 4) is 11.1 Å². The molecule has 150 valence electrons. The summed E-state index contributed by atoms with van der Waals surface area (Å²) in [5.74, 6) is 0. The molecule has 0 atom stereocenters. The summed E-state index contributed by atoms with van der Waals surface area (Å²) in [6.45, 7) is 7.62. The van der Waals surface area contributed by atoms with Crippen LogP contribution in [0, 0.1) is 0 Å². The monoisotopic (exact) mass is 406 g/mol. The zero-order valence-electron chi connectivity index (χ0n) is 18.4. The van der Waals surface area contributed by atoms with Crippen LogP contribution in [0.15, 0.2) is 93.7 Å². The quantitative estimate of drug-likeness (QED) is 0.443. The topological polar surface area (TPSA) is 0 Å². The number of hydrogen-bond acceptors (Lipinski definition) is 0. The van der Waals surface area contributed by atoms with Gasteiger partial charge in [-0.2, -0.15) is 0 Å². The molecule has 0 bridgehead atoms. The highest BCUT2D eigenvalue weighted by molar-refractivity contribution is 6.87. The molecule has 4 aliphatic rings. The maximum absolute atomic E-state index is 2.62. The number of fused-ring (bicyclic) bond motifs is 4. The molecule has 1 heteroatoms. The lowest BCUT2D eigenvalue weighted by atomic mass is 9.82. The summed E-state index contributed by atoms with van der Waals surface area (Å²) in [6.07, 6.45) is 11.7. The van der Waals surface area contributed by atoms with Gasteiger partial charge >= 0.3 is 0 Å². The van der Waals surface area contributed by atoms with Crippen molar-refractivity contribution in [3.63, 3.8) is 0 Å². The largest absolute Gasteiger partial charge is 0.0939 e. The molecule has 2 aromatic rings. The number of rotatable bonds is 2. The van der Waals surface area contributed by atoms with Crippen LogP contribution in [0.25, 0.3) is 11.1 Å². The van der Waals surface area contributed by atoms with E-state index in [-0.39, 0.29) is 0 Å².